The molecule has 1 aliphatic heterocycles. The maximum absolute atomic E-state index is 6.08. The monoisotopic (exact) mass is 321 g/mol. The van der Waals surface area contributed by atoms with Crippen LogP contribution in [0.25, 0.3) is 5.76 Å². The highest BCUT2D eigenvalue weighted by Crippen LogP contribution is 2.26. The second-order valence-corrected chi connectivity index (χ2v) is 6.04. The van der Waals surface area contributed by atoms with Crippen LogP contribution in [-0.2, 0) is 11.3 Å². The van der Waals surface area contributed by atoms with Gasteiger partial charge in [0.2, 0.25) is 0 Å². The average Bonchev–Trinajstić information content (AvgIpc) is 2.63. The summed E-state index contributed by atoms with van der Waals surface area (Å²) in [5.41, 5.74) is 4.61. The van der Waals surface area contributed by atoms with Crippen molar-refractivity contribution in [1.82, 2.24) is 14.9 Å². The van der Waals surface area contributed by atoms with Gasteiger partial charge in [0.05, 0.1) is 0 Å². The summed E-state index contributed by atoms with van der Waals surface area (Å²) in [5.74, 6) is 0.894. The first-order chi connectivity index (χ1) is 11.8. The van der Waals surface area contributed by atoms with Gasteiger partial charge >= 0.3 is 0 Å². The summed E-state index contributed by atoms with van der Waals surface area (Å²) >= 11 is 0. The molecule has 0 atom stereocenters. The van der Waals surface area contributed by atoms with Crippen LogP contribution in [0.4, 0.5) is 0 Å². The SMILES string of the molecule is CC/C(C)=C/C1=C(c2ccccn2)OCN(Cc2cccnc2)C1. The molecule has 0 N–H and O–H groups in total. The maximum Gasteiger partial charge on any atom is 0.151 e. The number of aromatic nitrogens is 2. The van der Waals surface area contributed by atoms with Crippen molar-refractivity contribution in [3.63, 3.8) is 0 Å². The van der Waals surface area contributed by atoms with E-state index in [1.807, 2.05) is 36.7 Å². The minimum absolute atomic E-state index is 0.559. The minimum Gasteiger partial charge on any atom is -0.476 e. The Balaban J connectivity index is 1.86. The number of allylic oxidation sites excluding steroid dienone is 1. The summed E-state index contributed by atoms with van der Waals surface area (Å²) in [6, 6.07) is 9.99. The molecule has 0 unspecified atom stereocenters. The van der Waals surface area contributed by atoms with E-state index < -0.39 is 0 Å². The van der Waals surface area contributed by atoms with Crippen molar-refractivity contribution < 1.29 is 4.74 Å². The summed E-state index contributed by atoms with van der Waals surface area (Å²) in [6.07, 6.45) is 8.78. The van der Waals surface area contributed by atoms with Crippen LogP contribution in [0.5, 0.6) is 0 Å². The lowest BCUT2D eigenvalue weighted by atomic mass is 10.1. The molecule has 3 heterocycles. The van der Waals surface area contributed by atoms with E-state index >= 15 is 0 Å². The Kier molecular flexibility index (Phi) is 5.39. The average molecular weight is 321 g/mol. The number of hydrogen-bond donors (Lipinski definition) is 0. The molecule has 1 aliphatic rings. The Morgan fingerprint density at radius 3 is 2.88 bits per heavy atom. The fraction of sp³-hybridized carbons (Fsp3) is 0.300. The van der Waals surface area contributed by atoms with Gasteiger partial charge in [-0.05, 0) is 37.1 Å². The van der Waals surface area contributed by atoms with Crippen molar-refractivity contribution in [2.45, 2.75) is 26.8 Å². The summed E-state index contributed by atoms with van der Waals surface area (Å²) in [6.45, 7) is 6.56. The molecule has 24 heavy (non-hydrogen) atoms. The molecule has 0 spiro atoms. The quantitative estimate of drug-likeness (QED) is 0.833. The van der Waals surface area contributed by atoms with Crippen molar-refractivity contribution in [1.29, 1.82) is 0 Å². The lowest BCUT2D eigenvalue weighted by Gasteiger charge is -2.30. The number of rotatable bonds is 5. The number of pyridine rings is 2. The third-order valence-electron chi connectivity index (χ3n) is 4.08. The maximum atomic E-state index is 6.08. The van der Waals surface area contributed by atoms with Gasteiger partial charge in [0, 0.05) is 37.3 Å². The molecule has 2 aromatic heterocycles. The smallest absolute Gasteiger partial charge is 0.151 e. The molecular formula is C20H23N3O. The molecule has 0 saturated heterocycles. The van der Waals surface area contributed by atoms with Crippen molar-refractivity contribution in [2.24, 2.45) is 0 Å². The van der Waals surface area contributed by atoms with E-state index in [0.29, 0.717) is 6.73 Å². The van der Waals surface area contributed by atoms with E-state index in [9.17, 15) is 0 Å². The molecule has 4 heteroatoms. The Bertz CT molecular complexity index is 723. The molecule has 0 aliphatic carbocycles. The van der Waals surface area contributed by atoms with Gasteiger partial charge < -0.3 is 4.74 Å². The molecule has 0 aromatic carbocycles. The first-order valence-electron chi connectivity index (χ1n) is 8.32. The van der Waals surface area contributed by atoms with E-state index in [-0.39, 0.29) is 0 Å². The highest BCUT2D eigenvalue weighted by Gasteiger charge is 2.21. The fourth-order valence-corrected chi connectivity index (χ4v) is 2.70. The van der Waals surface area contributed by atoms with Gasteiger partial charge in [-0.15, -0.1) is 0 Å². The topological polar surface area (TPSA) is 38.2 Å². The van der Waals surface area contributed by atoms with Gasteiger partial charge in [-0.25, -0.2) is 0 Å². The molecule has 0 radical (unpaired) electrons. The van der Waals surface area contributed by atoms with Crippen LogP contribution in [0, 0.1) is 0 Å². The molecule has 4 nitrogen and oxygen atoms in total. The van der Waals surface area contributed by atoms with Crippen LogP contribution in [0.2, 0.25) is 0 Å². The first-order valence-corrected chi connectivity index (χ1v) is 8.32. The molecule has 0 saturated carbocycles. The van der Waals surface area contributed by atoms with Gasteiger partial charge in [0.15, 0.2) is 5.76 Å². The number of nitrogens with zero attached hydrogens (tertiary/aromatic N) is 3. The molecular weight excluding hydrogens is 298 g/mol. The molecule has 124 valence electrons. The van der Waals surface area contributed by atoms with Crippen LogP contribution >= 0.6 is 0 Å². The summed E-state index contributed by atoms with van der Waals surface area (Å²) in [7, 11) is 0. The fourth-order valence-electron chi connectivity index (χ4n) is 2.70. The second-order valence-electron chi connectivity index (χ2n) is 6.04. The number of hydrogen-bond acceptors (Lipinski definition) is 4. The van der Waals surface area contributed by atoms with E-state index in [2.05, 4.69) is 40.9 Å². The zero-order valence-corrected chi connectivity index (χ0v) is 14.3. The predicted octanol–water partition coefficient (Wildman–Crippen LogP) is 4.03. The highest BCUT2D eigenvalue weighted by molar-refractivity contribution is 5.64. The van der Waals surface area contributed by atoms with Crippen LogP contribution in [0.3, 0.4) is 0 Å². The minimum atomic E-state index is 0.559. The first kappa shape index (κ1) is 16.4. The third-order valence-corrected chi connectivity index (χ3v) is 4.08. The molecule has 0 bridgehead atoms. The lowest BCUT2D eigenvalue weighted by Crippen LogP contribution is -2.32. The van der Waals surface area contributed by atoms with E-state index in [4.69, 9.17) is 4.74 Å². The zero-order chi connectivity index (χ0) is 16.8. The summed E-state index contributed by atoms with van der Waals surface area (Å²) in [5, 5.41) is 0. The van der Waals surface area contributed by atoms with E-state index in [0.717, 1.165) is 31.0 Å². The summed E-state index contributed by atoms with van der Waals surface area (Å²) < 4.78 is 6.08. The van der Waals surface area contributed by atoms with E-state index in [1.54, 1.807) is 6.20 Å². The largest absolute Gasteiger partial charge is 0.476 e. The zero-order valence-electron chi connectivity index (χ0n) is 14.3. The predicted molar refractivity (Wildman–Crippen MR) is 95.8 cm³/mol. The van der Waals surface area contributed by atoms with Crippen molar-refractivity contribution in [3.05, 3.63) is 77.4 Å². The Morgan fingerprint density at radius 1 is 1.25 bits per heavy atom. The lowest BCUT2D eigenvalue weighted by molar-refractivity contribution is 0.0894. The van der Waals surface area contributed by atoms with Crippen LogP contribution < -0.4 is 0 Å². The van der Waals surface area contributed by atoms with Crippen LogP contribution in [-0.4, -0.2) is 28.1 Å². The molecule has 2 aromatic rings. The Morgan fingerprint density at radius 2 is 2.17 bits per heavy atom. The van der Waals surface area contributed by atoms with Crippen LogP contribution in [0.1, 0.15) is 31.5 Å². The number of ether oxygens (including phenoxy) is 1. The van der Waals surface area contributed by atoms with Crippen molar-refractivity contribution in [3.8, 4) is 0 Å². The van der Waals surface area contributed by atoms with Gasteiger partial charge in [-0.1, -0.05) is 30.7 Å². The molecule has 0 amide bonds. The van der Waals surface area contributed by atoms with Gasteiger partial charge in [-0.3, -0.25) is 14.9 Å². The highest BCUT2D eigenvalue weighted by atomic mass is 16.5. The van der Waals surface area contributed by atoms with E-state index in [1.165, 1.54) is 16.7 Å². The third kappa shape index (κ3) is 4.09. The Hall–Kier alpha value is -2.46. The van der Waals surface area contributed by atoms with Crippen LogP contribution in [0.15, 0.2) is 66.1 Å². The molecule has 0 fully saturated rings. The standard InChI is InChI=1S/C20H23N3O/c1-3-16(2)11-18-14-23(13-17-7-6-9-21-12-17)15-24-20(18)19-8-4-5-10-22-19/h4-12H,3,13-15H2,1-2H3/b16-11+. The normalized spacial score (nSPS) is 16.2. The van der Waals surface area contributed by atoms with Crippen molar-refractivity contribution in [2.75, 3.05) is 13.3 Å². The van der Waals surface area contributed by atoms with Crippen molar-refractivity contribution >= 4 is 5.76 Å². The molecule has 3 rings (SSSR count). The summed E-state index contributed by atoms with van der Waals surface area (Å²) in [4.78, 5) is 10.9. The van der Waals surface area contributed by atoms with Gasteiger partial charge in [0.25, 0.3) is 0 Å². The second kappa shape index (κ2) is 7.88. The van der Waals surface area contributed by atoms with Gasteiger partial charge in [0.1, 0.15) is 12.4 Å². The van der Waals surface area contributed by atoms with Gasteiger partial charge in [-0.2, -0.15) is 0 Å². The Labute approximate surface area is 143 Å².